The average molecular weight is 419 g/mol. The van der Waals surface area contributed by atoms with Crippen LogP contribution < -0.4 is 5.73 Å². The SMILES string of the molecule is COC(=O)[C@H](Sc1ccccc1N)[C@@H]1SC(=S)N(Cc2ccccc2)C1=O. The number of carbonyl (C=O) groups excluding carboxylic acids is 2. The standard InChI is InChI=1S/C19H18N2O3S3/c1-24-18(23)16(26-14-10-6-5-9-13(14)20)15-17(22)21(19(25)27-15)11-12-7-3-2-4-8-12/h2-10,15-16H,11,20H2,1H3/t15-,16+/m0/s1. The molecule has 2 N–H and O–H groups in total. The molecule has 1 amide bonds. The molecule has 0 aliphatic carbocycles. The van der Waals surface area contributed by atoms with Gasteiger partial charge in [-0.25, -0.2) is 0 Å². The van der Waals surface area contributed by atoms with Crippen LogP contribution >= 0.6 is 35.7 Å². The number of nitrogens with two attached hydrogens (primary N) is 1. The fourth-order valence-electron chi connectivity index (χ4n) is 2.64. The Morgan fingerprint density at radius 2 is 1.93 bits per heavy atom. The number of hydrogen-bond acceptors (Lipinski definition) is 7. The predicted molar refractivity (Wildman–Crippen MR) is 113 cm³/mol. The van der Waals surface area contributed by atoms with Crippen molar-refractivity contribution in [2.45, 2.75) is 21.9 Å². The molecule has 27 heavy (non-hydrogen) atoms. The van der Waals surface area contributed by atoms with Crippen LogP contribution in [0.2, 0.25) is 0 Å². The van der Waals surface area contributed by atoms with E-state index in [9.17, 15) is 9.59 Å². The number of thioether (sulfide) groups is 2. The van der Waals surface area contributed by atoms with E-state index >= 15 is 0 Å². The molecule has 2 aromatic rings. The van der Waals surface area contributed by atoms with Crippen molar-refractivity contribution in [2.75, 3.05) is 12.8 Å². The van der Waals surface area contributed by atoms with Crippen molar-refractivity contribution >= 4 is 57.6 Å². The van der Waals surface area contributed by atoms with Crippen molar-refractivity contribution < 1.29 is 14.3 Å². The molecule has 0 unspecified atom stereocenters. The summed E-state index contributed by atoms with van der Waals surface area (Å²) in [4.78, 5) is 27.7. The molecule has 0 spiro atoms. The van der Waals surface area contributed by atoms with Gasteiger partial charge >= 0.3 is 5.97 Å². The maximum absolute atomic E-state index is 13.0. The summed E-state index contributed by atoms with van der Waals surface area (Å²) >= 11 is 7.86. The number of nitrogens with zero attached hydrogens (tertiary/aromatic N) is 1. The second-order valence-corrected chi connectivity index (χ2v) is 8.77. The highest BCUT2D eigenvalue weighted by Gasteiger charge is 2.45. The summed E-state index contributed by atoms with van der Waals surface area (Å²) < 4.78 is 5.41. The van der Waals surface area contributed by atoms with Crippen LogP contribution in [0.5, 0.6) is 0 Å². The molecule has 3 rings (SSSR count). The van der Waals surface area contributed by atoms with Gasteiger partial charge in [-0.15, -0.1) is 11.8 Å². The molecule has 2 aromatic carbocycles. The van der Waals surface area contributed by atoms with E-state index in [2.05, 4.69) is 0 Å². The van der Waals surface area contributed by atoms with Crippen LogP contribution in [-0.2, 0) is 20.9 Å². The van der Waals surface area contributed by atoms with Gasteiger partial charge in [0.2, 0.25) is 5.91 Å². The number of methoxy groups -OCH3 is 1. The van der Waals surface area contributed by atoms with Gasteiger partial charge < -0.3 is 10.5 Å². The van der Waals surface area contributed by atoms with Crippen molar-refractivity contribution in [3.8, 4) is 0 Å². The van der Waals surface area contributed by atoms with Gasteiger partial charge in [0.1, 0.15) is 14.8 Å². The maximum Gasteiger partial charge on any atom is 0.320 e. The Hall–Kier alpha value is -2.03. The van der Waals surface area contributed by atoms with Gasteiger partial charge in [0, 0.05) is 10.6 Å². The normalized spacial score (nSPS) is 17.8. The molecule has 0 bridgehead atoms. The summed E-state index contributed by atoms with van der Waals surface area (Å²) in [5.41, 5.74) is 7.53. The van der Waals surface area contributed by atoms with Crippen LogP contribution in [0.25, 0.3) is 0 Å². The number of rotatable bonds is 6. The lowest BCUT2D eigenvalue weighted by Crippen LogP contribution is -2.38. The van der Waals surface area contributed by atoms with Gasteiger partial charge in [-0.2, -0.15) is 0 Å². The molecule has 1 heterocycles. The average Bonchev–Trinajstić information content (AvgIpc) is 2.95. The van der Waals surface area contributed by atoms with Gasteiger partial charge in [-0.05, 0) is 17.7 Å². The minimum Gasteiger partial charge on any atom is -0.468 e. The van der Waals surface area contributed by atoms with Crippen LogP contribution in [0, 0.1) is 0 Å². The van der Waals surface area contributed by atoms with E-state index in [1.165, 1.54) is 30.6 Å². The molecule has 0 radical (unpaired) electrons. The van der Waals surface area contributed by atoms with Gasteiger partial charge in [0.05, 0.1) is 13.7 Å². The first kappa shape index (κ1) is 19.7. The molecule has 0 saturated carbocycles. The third-order valence-corrected chi connectivity index (χ3v) is 7.20. The Morgan fingerprint density at radius 1 is 1.26 bits per heavy atom. The number of hydrogen-bond donors (Lipinski definition) is 1. The zero-order valence-corrected chi connectivity index (χ0v) is 17.0. The fourth-order valence-corrected chi connectivity index (χ4v) is 5.47. The van der Waals surface area contributed by atoms with Crippen molar-refractivity contribution in [1.82, 2.24) is 4.90 Å². The molecule has 1 fully saturated rings. The first-order valence-corrected chi connectivity index (χ1v) is 10.3. The zero-order valence-electron chi connectivity index (χ0n) is 14.5. The second-order valence-electron chi connectivity index (χ2n) is 5.81. The quantitative estimate of drug-likeness (QED) is 0.334. The van der Waals surface area contributed by atoms with Crippen LogP contribution in [-0.4, -0.2) is 38.7 Å². The van der Waals surface area contributed by atoms with Crippen LogP contribution in [0.15, 0.2) is 59.5 Å². The van der Waals surface area contributed by atoms with E-state index in [-0.39, 0.29) is 5.91 Å². The Kier molecular flexibility index (Phi) is 6.41. The van der Waals surface area contributed by atoms with E-state index in [4.69, 9.17) is 22.7 Å². The largest absolute Gasteiger partial charge is 0.468 e. The number of amides is 1. The molecule has 2 atom stereocenters. The van der Waals surface area contributed by atoms with E-state index in [1.807, 2.05) is 48.5 Å². The number of benzene rings is 2. The summed E-state index contributed by atoms with van der Waals surface area (Å²) in [6, 6.07) is 16.8. The minimum absolute atomic E-state index is 0.189. The Bertz CT molecular complexity index is 860. The van der Waals surface area contributed by atoms with Gasteiger partial charge in [-0.1, -0.05) is 66.4 Å². The summed E-state index contributed by atoms with van der Waals surface area (Å²) in [5.74, 6) is -0.662. The number of nitrogen functional groups attached to an aromatic ring is 1. The van der Waals surface area contributed by atoms with Gasteiger partial charge in [0.15, 0.2) is 0 Å². The molecular weight excluding hydrogens is 400 g/mol. The van der Waals surface area contributed by atoms with E-state index < -0.39 is 16.5 Å². The Labute approximate surface area is 171 Å². The third kappa shape index (κ3) is 4.45. The molecular formula is C19H18N2O3S3. The molecule has 140 valence electrons. The topological polar surface area (TPSA) is 72.6 Å². The van der Waals surface area contributed by atoms with Crippen LogP contribution in [0.3, 0.4) is 0 Å². The van der Waals surface area contributed by atoms with E-state index in [1.54, 1.807) is 11.0 Å². The number of para-hydroxylation sites is 1. The van der Waals surface area contributed by atoms with Crippen molar-refractivity contribution in [2.24, 2.45) is 0 Å². The summed E-state index contributed by atoms with van der Waals surface area (Å²) in [7, 11) is 1.31. The molecule has 1 aliphatic heterocycles. The molecule has 5 nitrogen and oxygen atoms in total. The minimum atomic E-state index is -0.740. The maximum atomic E-state index is 13.0. The van der Waals surface area contributed by atoms with Gasteiger partial charge in [-0.3, -0.25) is 14.5 Å². The van der Waals surface area contributed by atoms with Gasteiger partial charge in [0.25, 0.3) is 0 Å². The fraction of sp³-hybridized carbons (Fsp3) is 0.211. The Balaban J connectivity index is 1.82. The summed E-state index contributed by atoms with van der Waals surface area (Å²) in [5, 5.41) is -1.39. The number of ether oxygens (including phenoxy) is 1. The highest BCUT2D eigenvalue weighted by Crippen LogP contribution is 2.40. The van der Waals surface area contributed by atoms with E-state index in [0.29, 0.717) is 16.6 Å². The lowest BCUT2D eigenvalue weighted by molar-refractivity contribution is -0.141. The summed E-state index contributed by atoms with van der Waals surface area (Å²) in [6.45, 7) is 0.383. The molecule has 1 saturated heterocycles. The van der Waals surface area contributed by atoms with Crippen molar-refractivity contribution in [1.29, 1.82) is 0 Å². The van der Waals surface area contributed by atoms with E-state index in [0.717, 1.165) is 10.5 Å². The zero-order chi connectivity index (χ0) is 19.4. The smallest absolute Gasteiger partial charge is 0.320 e. The molecule has 8 heteroatoms. The van der Waals surface area contributed by atoms with Crippen LogP contribution in [0.4, 0.5) is 5.69 Å². The van der Waals surface area contributed by atoms with Crippen molar-refractivity contribution in [3.05, 3.63) is 60.2 Å². The number of esters is 1. The third-order valence-electron chi connectivity index (χ3n) is 4.02. The lowest BCUT2D eigenvalue weighted by atomic mass is 10.2. The molecule has 1 aliphatic rings. The number of anilines is 1. The Morgan fingerprint density at radius 3 is 2.59 bits per heavy atom. The first-order chi connectivity index (χ1) is 13.0. The van der Waals surface area contributed by atoms with Crippen LogP contribution in [0.1, 0.15) is 5.56 Å². The lowest BCUT2D eigenvalue weighted by Gasteiger charge is -2.20. The predicted octanol–water partition coefficient (Wildman–Crippen LogP) is 3.33. The second kappa shape index (κ2) is 8.77. The number of carbonyl (C=O) groups is 2. The molecule has 0 aromatic heterocycles. The summed E-state index contributed by atoms with van der Waals surface area (Å²) in [6.07, 6.45) is 0. The van der Waals surface area contributed by atoms with Crippen molar-refractivity contribution in [3.63, 3.8) is 0 Å². The monoisotopic (exact) mass is 418 g/mol. The number of thiocarbonyl (C=S) groups is 1. The highest BCUT2D eigenvalue weighted by atomic mass is 32.2. The highest BCUT2D eigenvalue weighted by molar-refractivity contribution is 8.24. The first-order valence-electron chi connectivity index (χ1n) is 8.16.